The highest BCUT2D eigenvalue weighted by atomic mass is 16.6. The molecule has 2 aromatic rings. The molecule has 0 aromatic heterocycles. The third kappa shape index (κ3) is 6.96. The highest BCUT2D eigenvalue weighted by molar-refractivity contribution is 5.94. The van der Waals surface area contributed by atoms with Crippen LogP contribution in [0.5, 0.6) is 0 Å². The maximum absolute atomic E-state index is 14.9. The van der Waals surface area contributed by atoms with Crippen LogP contribution in [-0.4, -0.2) is 111 Å². The van der Waals surface area contributed by atoms with E-state index in [1.165, 1.54) is 39.8 Å². The summed E-state index contributed by atoms with van der Waals surface area (Å²) in [5.74, 6) is -0.233. The standard InChI is InChI=1S/C43H49NO14/c1-7-8-19-54-39(52)44-31(25-15-11-9-12-16-25)33(48)38(51)56-27-21-43(53)36(57-37(50)26-17-13-10-14-18-26)34-41(6,35(49)32(47)30(23(27)2)40(43,4)5)28(46)20-29-42(34,22-55-29)58-24(3)45/h9-18,27-29,31-34,36,46-48,53H,19-22H2,1-6H3,(H,44,52)/t27?,28-,29+,31-,32+,33+,34-,36-,41+,42-,43+/m0/s1. The number of fused-ring (bicyclic) bond motifs is 5. The van der Waals surface area contributed by atoms with Gasteiger partial charge in [-0.05, 0) is 49.6 Å². The second kappa shape index (κ2) is 15.9. The zero-order chi connectivity index (χ0) is 42.4. The minimum atomic E-state index is -2.36. The molecular weight excluding hydrogens is 754 g/mol. The normalized spacial score (nSPS) is 33.1. The van der Waals surface area contributed by atoms with E-state index in [4.69, 9.17) is 23.7 Å². The van der Waals surface area contributed by atoms with Crippen LogP contribution in [0.1, 0.15) is 76.3 Å². The summed E-state index contributed by atoms with van der Waals surface area (Å²) in [5.41, 5.74) is -7.28. The van der Waals surface area contributed by atoms with E-state index in [0.717, 1.165) is 6.92 Å². The van der Waals surface area contributed by atoms with Crippen molar-refractivity contribution in [2.45, 2.75) is 108 Å². The topological polar surface area (TPSA) is 224 Å². The van der Waals surface area contributed by atoms with Crippen molar-refractivity contribution in [3.8, 4) is 11.8 Å². The number of hydrogen-bond donors (Lipinski definition) is 5. The first-order valence-electron chi connectivity index (χ1n) is 19.0. The number of amides is 1. The molecule has 1 aliphatic heterocycles. The Labute approximate surface area is 335 Å². The lowest BCUT2D eigenvalue weighted by Crippen LogP contribution is -2.81. The van der Waals surface area contributed by atoms with Crippen LogP contribution in [0, 0.1) is 28.6 Å². The van der Waals surface area contributed by atoms with Crippen LogP contribution < -0.4 is 5.32 Å². The van der Waals surface area contributed by atoms with Gasteiger partial charge in [-0.15, -0.1) is 5.92 Å². The maximum Gasteiger partial charge on any atom is 0.408 e. The average molecular weight is 804 g/mol. The first kappa shape index (κ1) is 42.5. The zero-order valence-corrected chi connectivity index (χ0v) is 33.1. The van der Waals surface area contributed by atoms with E-state index in [1.54, 1.807) is 55.5 Å². The van der Waals surface area contributed by atoms with Gasteiger partial charge in [0, 0.05) is 25.2 Å². The number of nitrogens with one attached hydrogen (secondary N) is 1. The van der Waals surface area contributed by atoms with Crippen molar-refractivity contribution in [1.29, 1.82) is 0 Å². The molecule has 1 saturated heterocycles. The van der Waals surface area contributed by atoms with Crippen LogP contribution in [0.15, 0.2) is 71.8 Å². The van der Waals surface area contributed by atoms with Crippen LogP contribution in [0.25, 0.3) is 0 Å². The minimum absolute atomic E-state index is 0.0713. The number of carbonyl (C=O) groups excluding carboxylic acids is 5. The number of ketones is 1. The molecule has 6 rings (SSSR count). The van der Waals surface area contributed by atoms with Crippen molar-refractivity contribution in [2.75, 3.05) is 13.2 Å². The molecule has 5 N–H and O–H groups in total. The molecule has 11 atom stereocenters. The molecule has 1 unspecified atom stereocenters. The number of aliphatic hydroxyl groups is 4. The monoisotopic (exact) mass is 803 g/mol. The summed E-state index contributed by atoms with van der Waals surface area (Å²) < 4.78 is 29.1. The number of alkyl carbamates (subject to hydrolysis) is 1. The van der Waals surface area contributed by atoms with Gasteiger partial charge in [0.2, 0.25) is 0 Å². The van der Waals surface area contributed by atoms with Crippen LogP contribution in [-0.2, 0) is 38.1 Å². The summed E-state index contributed by atoms with van der Waals surface area (Å²) in [4.78, 5) is 68.6. The van der Waals surface area contributed by atoms with Crippen molar-refractivity contribution in [2.24, 2.45) is 16.7 Å². The summed E-state index contributed by atoms with van der Waals surface area (Å²) in [5, 5.41) is 51.4. The van der Waals surface area contributed by atoms with E-state index in [0.29, 0.717) is 5.56 Å². The Bertz CT molecular complexity index is 2040. The molecule has 3 aliphatic carbocycles. The third-order valence-electron chi connectivity index (χ3n) is 12.6. The van der Waals surface area contributed by atoms with Gasteiger partial charge in [0.15, 0.2) is 24.1 Å². The summed E-state index contributed by atoms with van der Waals surface area (Å²) in [7, 11) is 0. The molecule has 0 radical (unpaired) electrons. The second-order valence-corrected chi connectivity index (χ2v) is 16.1. The molecule has 15 nitrogen and oxygen atoms in total. The quantitative estimate of drug-likeness (QED) is 0.106. The molecule has 1 amide bonds. The van der Waals surface area contributed by atoms with E-state index >= 15 is 0 Å². The first-order valence-corrected chi connectivity index (χ1v) is 19.0. The molecule has 2 saturated carbocycles. The number of ether oxygens (including phenoxy) is 5. The van der Waals surface area contributed by atoms with Crippen LogP contribution >= 0.6 is 0 Å². The SMILES string of the molecule is CC#CCOC(=O)N[C@@H](c1ccccc1)[C@@H](O)C(=O)OC1C[C@@]2(O)[C@@H](OC(=O)c3ccccc3)[C@@H]3[C@]4(OC(C)=O)CO[C@@H]4C[C@H](O)[C@@]3(C)C(=O)[C@H](O)C(=C1C)C2(C)C. The maximum atomic E-state index is 14.9. The van der Waals surface area contributed by atoms with Crippen molar-refractivity contribution in [3.05, 3.63) is 82.9 Å². The second-order valence-electron chi connectivity index (χ2n) is 16.1. The lowest BCUT2D eigenvalue weighted by atomic mass is 9.44. The summed E-state index contributed by atoms with van der Waals surface area (Å²) in [6.45, 7) is 8.12. The Balaban J connectivity index is 1.48. The number of Topliss-reactive ketones (excluding diaryl/α,β-unsaturated/α-hetero) is 1. The van der Waals surface area contributed by atoms with Gasteiger partial charge in [-0.2, -0.15) is 0 Å². The van der Waals surface area contributed by atoms with Crippen LogP contribution in [0.3, 0.4) is 0 Å². The Kier molecular flexibility index (Phi) is 11.7. The van der Waals surface area contributed by atoms with E-state index in [2.05, 4.69) is 17.2 Å². The Morgan fingerprint density at radius 3 is 2.22 bits per heavy atom. The molecule has 0 spiro atoms. The third-order valence-corrected chi connectivity index (χ3v) is 12.6. The van der Waals surface area contributed by atoms with E-state index in [-0.39, 0.29) is 36.3 Å². The predicted octanol–water partition coefficient (Wildman–Crippen LogP) is 2.48. The highest BCUT2D eigenvalue weighted by Gasteiger charge is 2.78. The van der Waals surface area contributed by atoms with E-state index < -0.39 is 107 Å². The minimum Gasteiger partial charge on any atom is -0.456 e. The van der Waals surface area contributed by atoms with Gasteiger partial charge < -0.3 is 49.4 Å². The van der Waals surface area contributed by atoms with Crippen LogP contribution in [0.4, 0.5) is 4.79 Å². The predicted molar refractivity (Wildman–Crippen MR) is 202 cm³/mol. The van der Waals surface area contributed by atoms with Crippen molar-refractivity contribution < 1.29 is 68.1 Å². The number of benzene rings is 2. The van der Waals surface area contributed by atoms with Gasteiger partial charge in [0.1, 0.15) is 30.0 Å². The molecular formula is C43H49NO14. The summed E-state index contributed by atoms with van der Waals surface area (Å²) in [6.07, 6.45) is -11.6. The highest BCUT2D eigenvalue weighted by Crippen LogP contribution is 2.64. The number of carbonyl (C=O) groups is 5. The molecule has 2 aromatic carbocycles. The fourth-order valence-electron chi connectivity index (χ4n) is 9.47. The lowest BCUT2D eigenvalue weighted by Gasteiger charge is -2.67. The van der Waals surface area contributed by atoms with Crippen molar-refractivity contribution in [3.63, 3.8) is 0 Å². The van der Waals surface area contributed by atoms with Crippen molar-refractivity contribution >= 4 is 29.8 Å². The van der Waals surface area contributed by atoms with Gasteiger partial charge in [-0.25, -0.2) is 14.4 Å². The number of aliphatic hydroxyl groups excluding tert-OH is 3. The van der Waals surface area contributed by atoms with Gasteiger partial charge in [-0.3, -0.25) is 9.59 Å². The fraction of sp³-hybridized carbons (Fsp3) is 0.512. The molecule has 4 aliphatic rings. The number of rotatable bonds is 9. The fourth-order valence-corrected chi connectivity index (χ4v) is 9.47. The largest absolute Gasteiger partial charge is 0.456 e. The summed E-state index contributed by atoms with van der Waals surface area (Å²) >= 11 is 0. The van der Waals surface area contributed by atoms with Gasteiger partial charge in [0.25, 0.3) is 0 Å². The smallest absolute Gasteiger partial charge is 0.408 e. The zero-order valence-electron chi connectivity index (χ0n) is 33.1. The first-order chi connectivity index (χ1) is 27.3. The van der Waals surface area contributed by atoms with Crippen molar-refractivity contribution in [1.82, 2.24) is 5.32 Å². The lowest BCUT2D eigenvalue weighted by molar-refractivity contribution is -0.346. The Hall–Kier alpha value is -5.11. The van der Waals surface area contributed by atoms with E-state index in [9.17, 15) is 44.4 Å². The molecule has 15 heteroatoms. The molecule has 3 fully saturated rings. The molecule has 2 bridgehead atoms. The van der Waals surface area contributed by atoms with Gasteiger partial charge in [0.05, 0.1) is 35.6 Å². The van der Waals surface area contributed by atoms with Crippen LogP contribution in [0.2, 0.25) is 0 Å². The average Bonchev–Trinajstić information content (AvgIpc) is 3.18. The molecule has 1 heterocycles. The van der Waals surface area contributed by atoms with E-state index in [1.807, 2.05) is 0 Å². The Morgan fingerprint density at radius 2 is 1.64 bits per heavy atom. The molecule has 58 heavy (non-hydrogen) atoms. The number of esters is 3. The van der Waals surface area contributed by atoms with Gasteiger partial charge in [-0.1, -0.05) is 68.3 Å². The van der Waals surface area contributed by atoms with Gasteiger partial charge >= 0.3 is 24.0 Å². The molecule has 310 valence electrons. The number of hydrogen-bond acceptors (Lipinski definition) is 14. The summed E-state index contributed by atoms with van der Waals surface area (Å²) in [6, 6.07) is 14.5. The Morgan fingerprint density at radius 1 is 1.00 bits per heavy atom.